The molecular weight excluding hydrogens is 385 g/mol. The minimum Gasteiger partial charge on any atom is -0.477 e. The van der Waals surface area contributed by atoms with Crippen molar-refractivity contribution in [1.29, 1.82) is 0 Å². The number of alkyl halides is 1. The first-order valence-corrected chi connectivity index (χ1v) is 10.4. The minimum absolute atomic E-state index is 0.0362. The number of nitrogens with zero attached hydrogens (tertiary/aromatic N) is 2. The molecule has 6 nitrogen and oxygen atoms in total. The number of hydrogen-bond donors (Lipinski definition) is 2. The summed E-state index contributed by atoms with van der Waals surface area (Å²) in [6.45, 7) is 7.98. The van der Waals surface area contributed by atoms with Crippen molar-refractivity contribution >= 4 is 17.6 Å². The van der Waals surface area contributed by atoms with Crippen LogP contribution in [0.1, 0.15) is 46.0 Å². The molecule has 3 N–H and O–H groups in total. The van der Waals surface area contributed by atoms with Crippen LogP contribution in [0.4, 0.5) is 4.39 Å². The second-order valence-electron chi connectivity index (χ2n) is 7.88. The standard InChI is InChI=1S/C23H32FN3O3/c1-4-6-8-16(5-2)23(3,24)17-11-13-27(14-12-17)20(28)15-26-19-10-7-9-18(19)21(25)22(29)30/h4-6,8,17H,1,7,9-15,25H2,2-3H3,(H,29,30)/b8-6-,16-5+,21-18-,26-19?. The maximum Gasteiger partial charge on any atom is 0.352 e. The van der Waals surface area contributed by atoms with Gasteiger partial charge in [0.2, 0.25) is 5.91 Å². The Kier molecular flexibility index (Phi) is 8.15. The monoisotopic (exact) mass is 417 g/mol. The molecule has 7 heteroatoms. The molecule has 1 amide bonds. The largest absolute Gasteiger partial charge is 0.477 e. The summed E-state index contributed by atoms with van der Waals surface area (Å²) >= 11 is 0. The van der Waals surface area contributed by atoms with Crippen molar-refractivity contribution in [2.45, 2.75) is 51.6 Å². The molecule has 0 spiro atoms. The third-order valence-electron chi connectivity index (χ3n) is 6.05. The summed E-state index contributed by atoms with van der Waals surface area (Å²) in [5.74, 6) is -1.46. The van der Waals surface area contributed by atoms with Crippen LogP contribution in [0.2, 0.25) is 0 Å². The predicted octanol–water partition coefficient (Wildman–Crippen LogP) is 3.56. The van der Waals surface area contributed by atoms with Gasteiger partial charge in [-0.2, -0.15) is 0 Å². The average molecular weight is 418 g/mol. The number of likely N-dealkylation sites (tertiary alicyclic amines) is 1. The van der Waals surface area contributed by atoms with Crippen molar-refractivity contribution in [3.8, 4) is 0 Å². The number of hydrogen-bond acceptors (Lipinski definition) is 4. The van der Waals surface area contributed by atoms with Crippen molar-refractivity contribution in [1.82, 2.24) is 4.90 Å². The van der Waals surface area contributed by atoms with E-state index in [9.17, 15) is 9.59 Å². The zero-order valence-electron chi connectivity index (χ0n) is 17.9. The fourth-order valence-electron chi connectivity index (χ4n) is 4.20. The van der Waals surface area contributed by atoms with Gasteiger partial charge in [0.05, 0.1) is 0 Å². The second kappa shape index (κ2) is 10.4. The molecule has 0 bridgehead atoms. The third kappa shape index (κ3) is 5.46. The van der Waals surface area contributed by atoms with E-state index in [1.54, 1.807) is 36.1 Å². The Morgan fingerprint density at radius 2 is 2.03 bits per heavy atom. The fraction of sp³-hybridized carbons (Fsp3) is 0.522. The highest BCUT2D eigenvalue weighted by Crippen LogP contribution is 2.37. The maximum absolute atomic E-state index is 15.5. The summed E-state index contributed by atoms with van der Waals surface area (Å²) in [5.41, 5.74) is 5.75. The zero-order valence-corrected chi connectivity index (χ0v) is 17.9. The summed E-state index contributed by atoms with van der Waals surface area (Å²) in [5, 5.41) is 9.08. The van der Waals surface area contributed by atoms with Gasteiger partial charge in [-0.25, -0.2) is 9.18 Å². The van der Waals surface area contributed by atoms with E-state index in [2.05, 4.69) is 11.6 Å². The third-order valence-corrected chi connectivity index (χ3v) is 6.05. The van der Waals surface area contributed by atoms with Gasteiger partial charge >= 0.3 is 5.97 Å². The van der Waals surface area contributed by atoms with Crippen LogP contribution in [0, 0.1) is 5.92 Å². The Hall–Kier alpha value is -2.70. The van der Waals surface area contributed by atoms with Gasteiger partial charge in [-0.05, 0) is 51.5 Å². The smallest absolute Gasteiger partial charge is 0.352 e. The summed E-state index contributed by atoms with van der Waals surface area (Å²) < 4.78 is 15.5. The highest BCUT2D eigenvalue weighted by molar-refractivity contribution is 6.08. The van der Waals surface area contributed by atoms with Crippen LogP contribution in [0.15, 0.2) is 52.7 Å². The van der Waals surface area contributed by atoms with Crippen LogP contribution >= 0.6 is 0 Å². The Morgan fingerprint density at radius 3 is 2.60 bits per heavy atom. The number of piperidine rings is 1. The number of rotatable bonds is 7. The molecule has 1 atom stereocenters. The van der Waals surface area contributed by atoms with E-state index in [1.807, 2.05) is 6.92 Å². The molecular formula is C23H32FN3O3. The minimum atomic E-state index is -1.47. The van der Waals surface area contributed by atoms with Crippen LogP contribution in [0.5, 0.6) is 0 Å². The van der Waals surface area contributed by atoms with E-state index in [1.165, 1.54) is 0 Å². The van der Waals surface area contributed by atoms with E-state index >= 15 is 4.39 Å². The van der Waals surface area contributed by atoms with E-state index < -0.39 is 11.6 Å². The van der Waals surface area contributed by atoms with Crippen LogP contribution in [0.25, 0.3) is 0 Å². The number of carboxylic acids is 1. The molecule has 1 aliphatic heterocycles. The number of carboxylic acid groups (broad SMARTS) is 1. The van der Waals surface area contributed by atoms with Crippen molar-refractivity contribution in [2.75, 3.05) is 19.6 Å². The Morgan fingerprint density at radius 1 is 1.37 bits per heavy atom. The first kappa shape index (κ1) is 23.6. The number of nitrogens with two attached hydrogens (primary N) is 1. The molecule has 0 aromatic heterocycles. The zero-order chi connectivity index (χ0) is 22.3. The molecule has 0 aromatic carbocycles. The summed E-state index contributed by atoms with van der Waals surface area (Å²) in [7, 11) is 0. The molecule has 1 heterocycles. The normalized spacial score (nSPS) is 23.6. The van der Waals surface area contributed by atoms with Crippen LogP contribution in [-0.4, -0.2) is 52.9 Å². The summed E-state index contributed by atoms with van der Waals surface area (Å²) in [6, 6.07) is 0. The van der Waals surface area contributed by atoms with Crippen molar-refractivity contribution < 1.29 is 19.1 Å². The van der Waals surface area contributed by atoms with Gasteiger partial charge in [-0.15, -0.1) is 0 Å². The van der Waals surface area contributed by atoms with Gasteiger partial charge in [0.15, 0.2) is 0 Å². The molecule has 1 saturated heterocycles. The molecule has 1 aliphatic carbocycles. The molecule has 0 aromatic rings. The number of halogens is 1. The molecule has 2 fully saturated rings. The lowest BCUT2D eigenvalue weighted by atomic mass is 9.78. The summed E-state index contributed by atoms with van der Waals surface area (Å²) in [4.78, 5) is 29.7. The second-order valence-corrected chi connectivity index (χ2v) is 7.88. The number of aliphatic carboxylic acids is 1. The number of allylic oxidation sites excluding steroid dienone is 6. The lowest BCUT2D eigenvalue weighted by Crippen LogP contribution is -2.45. The number of carbonyl (C=O) groups excluding carboxylic acids is 1. The number of carbonyl (C=O) groups is 2. The highest BCUT2D eigenvalue weighted by atomic mass is 19.1. The molecule has 30 heavy (non-hydrogen) atoms. The topological polar surface area (TPSA) is 96.0 Å². The van der Waals surface area contributed by atoms with Crippen LogP contribution in [0.3, 0.4) is 0 Å². The Bertz CT molecular complexity index is 801. The van der Waals surface area contributed by atoms with E-state index in [0.29, 0.717) is 55.6 Å². The predicted molar refractivity (Wildman–Crippen MR) is 117 cm³/mol. The first-order valence-electron chi connectivity index (χ1n) is 10.4. The van der Waals surface area contributed by atoms with Gasteiger partial charge in [-0.3, -0.25) is 9.79 Å². The lowest BCUT2D eigenvalue weighted by molar-refractivity contribution is -0.133. The fourth-order valence-corrected chi connectivity index (χ4v) is 4.20. The van der Waals surface area contributed by atoms with E-state index in [4.69, 9.17) is 10.8 Å². The molecule has 1 saturated carbocycles. The van der Waals surface area contributed by atoms with Crippen LogP contribution in [-0.2, 0) is 9.59 Å². The van der Waals surface area contributed by atoms with Gasteiger partial charge in [-0.1, -0.05) is 30.9 Å². The lowest BCUT2D eigenvalue weighted by Gasteiger charge is -2.38. The van der Waals surface area contributed by atoms with Gasteiger partial charge in [0, 0.05) is 30.3 Å². The number of amides is 1. The molecule has 2 aliphatic rings. The molecule has 164 valence electrons. The van der Waals surface area contributed by atoms with Crippen LogP contribution < -0.4 is 5.73 Å². The van der Waals surface area contributed by atoms with Crippen molar-refractivity contribution in [2.24, 2.45) is 16.6 Å². The Balaban J connectivity index is 1.97. The van der Waals surface area contributed by atoms with Gasteiger partial charge < -0.3 is 15.7 Å². The average Bonchev–Trinajstić information content (AvgIpc) is 3.20. The first-order chi connectivity index (χ1) is 14.2. The SMILES string of the molecule is C=C/C=C\C(=C/C)C(C)(F)C1CCN(C(=O)CN=C2CCC/C2=C(/N)C(=O)O)CC1. The van der Waals surface area contributed by atoms with Gasteiger partial charge in [0.25, 0.3) is 0 Å². The molecule has 1 unspecified atom stereocenters. The van der Waals surface area contributed by atoms with Crippen molar-refractivity contribution in [3.63, 3.8) is 0 Å². The molecule has 0 radical (unpaired) electrons. The maximum atomic E-state index is 15.5. The quantitative estimate of drug-likeness (QED) is 0.489. The van der Waals surface area contributed by atoms with E-state index in [-0.39, 0.29) is 24.1 Å². The molecule has 2 rings (SSSR count). The Labute approximate surface area is 177 Å². The van der Waals surface area contributed by atoms with E-state index in [0.717, 1.165) is 6.42 Å². The van der Waals surface area contributed by atoms with Crippen molar-refractivity contribution in [3.05, 3.63) is 47.7 Å². The summed E-state index contributed by atoms with van der Waals surface area (Å²) in [6.07, 6.45) is 10.0. The highest BCUT2D eigenvalue weighted by Gasteiger charge is 2.39. The number of aliphatic imine (C=N–C) groups is 1. The van der Waals surface area contributed by atoms with Gasteiger partial charge in [0.1, 0.15) is 17.9 Å².